The van der Waals surface area contributed by atoms with Crippen molar-refractivity contribution in [2.45, 2.75) is 64.0 Å². The molecule has 2 aliphatic rings. The lowest BCUT2D eigenvalue weighted by atomic mass is 9.89. The average Bonchev–Trinajstić information content (AvgIpc) is 2.46. The number of rotatable bonds is 2. The van der Waals surface area contributed by atoms with Crippen LogP contribution in [0.2, 0.25) is 0 Å². The van der Waals surface area contributed by atoms with Crippen molar-refractivity contribution in [2.24, 2.45) is 0 Å². The molecule has 0 saturated carbocycles. The molecule has 3 rings (SSSR count). The van der Waals surface area contributed by atoms with Gasteiger partial charge in [0.25, 0.3) is 0 Å². The Morgan fingerprint density at radius 1 is 1.32 bits per heavy atom. The Bertz CT molecular complexity index is 558. The highest BCUT2D eigenvalue weighted by molar-refractivity contribution is 5.90. The second kappa shape index (κ2) is 6.29. The zero-order valence-electron chi connectivity index (χ0n) is 13.6. The minimum atomic E-state index is -0.184. The predicted octanol–water partition coefficient (Wildman–Crippen LogP) is 3.64. The zero-order valence-corrected chi connectivity index (χ0v) is 13.6. The minimum Gasteiger partial charge on any atom is -0.378 e. The third-order valence-electron chi connectivity index (χ3n) is 4.85. The van der Waals surface area contributed by atoms with Gasteiger partial charge in [-0.2, -0.15) is 0 Å². The van der Waals surface area contributed by atoms with Crippen LogP contribution in [0, 0.1) is 0 Å². The van der Waals surface area contributed by atoms with Crippen LogP contribution in [0.3, 0.4) is 0 Å². The molecule has 1 aromatic carbocycles. The fourth-order valence-corrected chi connectivity index (χ4v) is 3.72. The topological polar surface area (TPSA) is 50.4 Å². The Labute approximate surface area is 132 Å². The van der Waals surface area contributed by atoms with E-state index >= 15 is 0 Å². The van der Waals surface area contributed by atoms with Crippen molar-refractivity contribution in [3.05, 3.63) is 29.3 Å². The van der Waals surface area contributed by atoms with Crippen LogP contribution < -0.4 is 10.6 Å². The standard InChI is InChI=1S/C18H26N2O2/c1-13-12-18(2,10-11-22-13)20-17(21)19-16-9-5-7-14-6-3-4-8-15(14)16/h5,7,9,13H,3-4,6,8,10-12H2,1-2H3,(H2,19,20,21). The van der Waals surface area contributed by atoms with Gasteiger partial charge in [0.15, 0.2) is 0 Å². The van der Waals surface area contributed by atoms with Crippen molar-refractivity contribution >= 4 is 11.7 Å². The molecule has 2 N–H and O–H groups in total. The van der Waals surface area contributed by atoms with Gasteiger partial charge in [0, 0.05) is 17.8 Å². The molecule has 1 aromatic rings. The number of carbonyl (C=O) groups is 1. The van der Waals surface area contributed by atoms with Crippen molar-refractivity contribution in [1.82, 2.24) is 5.32 Å². The number of benzene rings is 1. The molecule has 120 valence electrons. The number of carbonyl (C=O) groups excluding carboxylic acids is 1. The maximum Gasteiger partial charge on any atom is 0.319 e. The first-order valence-electron chi connectivity index (χ1n) is 8.37. The summed E-state index contributed by atoms with van der Waals surface area (Å²) in [4.78, 5) is 12.4. The summed E-state index contributed by atoms with van der Waals surface area (Å²) in [6, 6.07) is 6.13. The Balaban J connectivity index is 1.67. The third-order valence-corrected chi connectivity index (χ3v) is 4.85. The first-order valence-corrected chi connectivity index (χ1v) is 8.37. The molecule has 0 bridgehead atoms. The maximum atomic E-state index is 12.4. The molecule has 1 heterocycles. The van der Waals surface area contributed by atoms with Crippen LogP contribution in [-0.2, 0) is 17.6 Å². The molecule has 4 heteroatoms. The molecule has 22 heavy (non-hydrogen) atoms. The fraction of sp³-hybridized carbons (Fsp3) is 0.611. The van der Waals surface area contributed by atoms with Gasteiger partial charge in [0.2, 0.25) is 0 Å². The summed E-state index contributed by atoms with van der Waals surface area (Å²) in [5.41, 5.74) is 3.49. The molecule has 1 aliphatic carbocycles. The van der Waals surface area contributed by atoms with E-state index in [1.807, 2.05) is 12.1 Å². The Morgan fingerprint density at radius 3 is 2.95 bits per heavy atom. The number of hydrogen-bond acceptors (Lipinski definition) is 2. The molecule has 2 atom stereocenters. The quantitative estimate of drug-likeness (QED) is 0.876. The summed E-state index contributed by atoms with van der Waals surface area (Å²) in [7, 11) is 0. The average molecular weight is 302 g/mol. The van der Waals surface area contributed by atoms with E-state index in [4.69, 9.17) is 4.74 Å². The van der Waals surface area contributed by atoms with E-state index in [-0.39, 0.29) is 17.7 Å². The second-order valence-corrected chi connectivity index (χ2v) is 6.93. The summed E-state index contributed by atoms with van der Waals surface area (Å²) >= 11 is 0. The van der Waals surface area contributed by atoms with Gasteiger partial charge in [-0.1, -0.05) is 12.1 Å². The maximum absolute atomic E-state index is 12.4. The second-order valence-electron chi connectivity index (χ2n) is 6.93. The van der Waals surface area contributed by atoms with Crippen LogP contribution in [0.25, 0.3) is 0 Å². The van der Waals surface area contributed by atoms with Crippen molar-refractivity contribution in [3.8, 4) is 0 Å². The van der Waals surface area contributed by atoms with Crippen LogP contribution in [0.4, 0.5) is 10.5 Å². The number of hydrogen-bond donors (Lipinski definition) is 2. The number of ether oxygens (including phenoxy) is 1. The molecule has 0 radical (unpaired) electrons. The van der Waals surface area contributed by atoms with E-state index in [2.05, 4.69) is 30.5 Å². The number of amides is 2. The first kappa shape index (κ1) is 15.3. The lowest BCUT2D eigenvalue weighted by Crippen LogP contribution is -2.52. The lowest BCUT2D eigenvalue weighted by molar-refractivity contribution is -0.00945. The highest BCUT2D eigenvalue weighted by atomic mass is 16.5. The first-order chi connectivity index (χ1) is 10.6. The van der Waals surface area contributed by atoms with E-state index < -0.39 is 0 Å². The molecule has 1 saturated heterocycles. The number of aryl methyl sites for hydroxylation is 1. The van der Waals surface area contributed by atoms with Crippen LogP contribution >= 0.6 is 0 Å². The molecule has 1 aliphatic heterocycles. The van der Waals surface area contributed by atoms with Crippen LogP contribution in [0.5, 0.6) is 0 Å². The molecular weight excluding hydrogens is 276 g/mol. The summed E-state index contributed by atoms with van der Waals surface area (Å²) in [6.45, 7) is 4.87. The van der Waals surface area contributed by atoms with E-state index in [0.717, 1.165) is 31.4 Å². The van der Waals surface area contributed by atoms with Gasteiger partial charge in [0.05, 0.1) is 6.10 Å². The molecule has 0 spiro atoms. The summed E-state index contributed by atoms with van der Waals surface area (Å²) in [5, 5.41) is 6.22. The van der Waals surface area contributed by atoms with Gasteiger partial charge in [0.1, 0.15) is 0 Å². The smallest absolute Gasteiger partial charge is 0.319 e. The summed E-state index contributed by atoms with van der Waals surface area (Å²) in [6.07, 6.45) is 6.56. The largest absolute Gasteiger partial charge is 0.378 e. The van der Waals surface area contributed by atoms with Gasteiger partial charge in [-0.15, -0.1) is 0 Å². The fourth-order valence-electron chi connectivity index (χ4n) is 3.72. The van der Waals surface area contributed by atoms with Crippen LogP contribution in [0.1, 0.15) is 50.7 Å². The molecule has 2 unspecified atom stereocenters. The van der Waals surface area contributed by atoms with Crippen molar-refractivity contribution in [3.63, 3.8) is 0 Å². The Morgan fingerprint density at radius 2 is 2.14 bits per heavy atom. The SMILES string of the molecule is CC1CC(C)(NC(=O)Nc2cccc3c2CCCC3)CCO1. The van der Waals surface area contributed by atoms with Crippen molar-refractivity contribution in [1.29, 1.82) is 0 Å². The van der Waals surface area contributed by atoms with Crippen molar-refractivity contribution < 1.29 is 9.53 Å². The third kappa shape index (κ3) is 3.43. The molecule has 1 fully saturated rings. The molecule has 2 amide bonds. The number of urea groups is 1. The summed E-state index contributed by atoms with van der Waals surface area (Å²) < 4.78 is 5.58. The van der Waals surface area contributed by atoms with Crippen molar-refractivity contribution in [2.75, 3.05) is 11.9 Å². The number of nitrogens with one attached hydrogen (secondary N) is 2. The number of fused-ring (bicyclic) bond motifs is 1. The van der Waals surface area contributed by atoms with Gasteiger partial charge in [-0.25, -0.2) is 4.79 Å². The predicted molar refractivity (Wildman–Crippen MR) is 88.3 cm³/mol. The zero-order chi connectivity index (χ0) is 15.6. The highest BCUT2D eigenvalue weighted by Crippen LogP contribution is 2.28. The normalized spacial score (nSPS) is 27.8. The van der Waals surface area contributed by atoms with Gasteiger partial charge < -0.3 is 15.4 Å². The minimum absolute atomic E-state index is 0.101. The monoisotopic (exact) mass is 302 g/mol. The Kier molecular flexibility index (Phi) is 4.39. The van der Waals surface area contributed by atoms with E-state index in [0.29, 0.717) is 6.61 Å². The summed E-state index contributed by atoms with van der Waals surface area (Å²) in [5.74, 6) is 0. The van der Waals surface area contributed by atoms with E-state index in [1.165, 1.54) is 24.0 Å². The molecule has 4 nitrogen and oxygen atoms in total. The van der Waals surface area contributed by atoms with Gasteiger partial charge >= 0.3 is 6.03 Å². The number of anilines is 1. The van der Waals surface area contributed by atoms with Gasteiger partial charge in [-0.3, -0.25) is 0 Å². The van der Waals surface area contributed by atoms with Crippen LogP contribution in [-0.4, -0.2) is 24.3 Å². The van der Waals surface area contributed by atoms with E-state index in [9.17, 15) is 4.79 Å². The Hall–Kier alpha value is -1.55. The van der Waals surface area contributed by atoms with Gasteiger partial charge in [-0.05, 0) is 69.6 Å². The van der Waals surface area contributed by atoms with E-state index in [1.54, 1.807) is 0 Å². The molecular formula is C18H26N2O2. The molecule has 0 aromatic heterocycles. The lowest BCUT2D eigenvalue weighted by Gasteiger charge is -2.37. The van der Waals surface area contributed by atoms with Crippen LogP contribution in [0.15, 0.2) is 18.2 Å². The highest BCUT2D eigenvalue weighted by Gasteiger charge is 2.32.